The summed E-state index contributed by atoms with van der Waals surface area (Å²) < 4.78 is 0. The van der Waals surface area contributed by atoms with E-state index in [4.69, 9.17) is 0 Å². The van der Waals surface area contributed by atoms with Crippen molar-refractivity contribution in [2.75, 3.05) is 0 Å². The average Bonchev–Trinajstić information content (AvgIpc) is 1.78. The summed E-state index contributed by atoms with van der Waals surface area (Å²) >= 11 is 0. The van der Waals surface area contributed by atoms with Gasteiger partial charge in [0, 0.05) is 0 Å². The monoisotopic (exact) mass is 136 g/mol. The van der Waals surface area contributed by atoms with E-state index < -0.39 is 0 Å². The Hall–Kier alpha value is -0.780. The first kappa shape index (κ1) is 9.22. The first-order valence-electron chi connectivity index (χ1n) is 3.53. The zero-order chi connectivity index (χ0) is 8.04. The van der Waals surface area contributed by atoms with Crippen LogP contribution >= 0.6 is 0 Å². The Kier molecular flexibility index (Phi) is 3.78. The molecule has 0 heteroatoms. The van der Waals surface area contributed by atoms with Gasteiger partial charge < -0.3 is 0 Å². The van der Waals surface area contributed by atoms with E-state index in [0.29, 0.717) is 0 Å². The van der Waals surface area contributed by atoms with Gasteiger partial charge in [0.15, 0.2) is 0 Å². The van der Waals surface area contributed by atoms with Gasteiger partial charge in [0.05, 0.1) is 0 Å². The van der Waals surface area contributed by atoms with Gasteiger partial charge in [-0.1, -0.05) is 57.7 Å². The van der Waals surface area contributed by atoms with Crippen molar-refractivity contribution in [2.45, 2.75) is 20.8 Å². The number of hydrogen-bond donors (Lipinski definition) is 0. The predicted octanol–water partition coefficient (Wildman–Crippen LogP) is 3.33. The van der Waals surface area contributed by atoms with Gasteiger partial charge in [-0.25, -0.2) is 0 Å². The van der Waals surface area contributed by atoms with E-state index in [-0.39, 0.29) is 5.41 Å². The van der Waals surface area contributed by atoms with Crippen LogP contribution in [-0.2, 0) is 0 Å². The molecule has 0 saturated heterocycles. The smallest absolute Gasteiger partial charge is 0.0200 e. The van der Waals surface area contributed by atoms with E-state index in [1.54, 1.807) is 6.08 Å². The lowest BCUT2D eigenvalue weighted by atomic mass is 9.96. The Morgan fingerprint density at radius 3 is 2.00 bits per heavy atom. The van der Waals surface area contributed by atoms with E-state index in [0.717, 1.165) is 0 Å². The largest absolute Gasteiger partial charge is 0.0991 e. The second-order valence-electron chi connectivity index (χ2n) is 3.35. The van der Waals surface area contributed by atoms with Crippen molar-refractivity contribution in [3.05, 3.63) is 37.0 Å². The molecule has 0 saturated carbocycles. The van der Waals surface area contributed by atoms with Gasteiger partial charge in [-0.15, -0.1) is 0 Å². The van der Waals surface area contributed by atoms with Crippen LogP contribution in [0.3, 0.4) is 0 Å². The van der Waals surface area contributed by atoms with E-state index in [9.17, 15) is 0 Å². The van der Waals surface area contributed by atoms with Gasteiger partial charge in [-0.05, 0) is 5.41 Å². The molecule has 0 atom stereocenters. The fourth-order valence-corrected chi connectivity index (χ4v) is 0.487. The lowest BCUT2D eigenvalue weighted by molar-refractivity contribution is 0.544. The molecule has 0 aliphatic rings. The maximum Gasteiger partial charge on any atom is -0.0200 e. The molecule has 56 valence electrons. The van der Waals surface area contributed by atoms with Crippen molar-refractivity contribution in [3.63, 3.8) is 0 Å². The fraction of sp³-hybridized carbons (Fsp3) is 0.400. The molecule has 0 fully saturated rings. The standard InChI is InChI=1S/C10H16/c1-5-6-7-8-9-10(2,3)4/h5-9H,1H2,2-4H3/b7-6+,9-8-. The lowest BCUT2D eigenvalue weighted by Crippen LogP contribution is -1.97. The van der Waals surface area contributed by atoms with Crippen molar-refractivity contribution < 1.29 is 0 Å². The molecular formula is C10H16. The lowest BCUT2D eigenvalue weighted by Gasteiger charge is -2.09. The van der Waals surface area contributed by atoms with Crippen LogP contribution in [-0.4, -0.2) is 0 Å². The summed E-state index contributed by atoms with van der Waals surface area (Å²) in [5.74, 6) is 0. The predicted molar refractivity (Wildman–Crippen MR) is 47.9 cm³/mol. The molecule has 0 aromatic rings. The number of rotatable bonds is 2. The van der Waals surface area contributed by atoms with Crippen LogP contribution in [0.1, 0.15) is 20.8 Å². The van der Waals surface area contributed by atoms with E-state index in [1.807, 2.05) is 18.2 Å². The Bertz CT molecular complexity index is 142. The average molecular weight is 136 g/mol. The Morgan fingerprint density at radius 1 is 1.00 bits per heavy atom. The maximum absolute atomic E-state index is 3.57. The summed E-state index contributed by atoms with van der Waals surface area (Å²) in [6, 6.07) is 0. The Balaban J connectivity index is 3.77. The number of allylic oxidation sites excluding steroid dienone is 5. The Labute approximate surface area is 64.0 Å². The third kappa shape index (κ3) is 7.22. The van der Waals surface area contributed by atoms with Crippen LogP contribution in [0.15, 0.2) is 37.0 Å². The molecule has 0 aliphatic carbocycles. The summed E-state index contributed by atoms with van der Waals surface area (Å²) in [5.41, 5.74) is 0.283. The molecule has 0 N–H and O–H groups in total. The van der Waals surface area contributed by atoms with Gasteiger partial charge in [-0.3, -0.25) is 0 Å². The van der Waals surface area contributed by atoms with Crippen LogP contribution in [0.25, 0.3) is 0 Å². The second kappa shape index (κ2) is 4.10. The molecule has 0 amide bonds. The number of hydrogen-bond acceptors (Lipinski definition) is 0. The minimum atomic E-state index is 0.283. The van der Waals surface area contributed by atoms with Crippen molar-refractivity contribution in [1.82, 2.24) is 0 Å². The van der Waals surface area contributed by atoms with Crippen molar-refractivity contribution in [2.24, 2.45) is 5.41 Å². The zero-order valence-electron chi connectivity index (χ0n) is 7.09. The third-order valence-electron chi connectivity index (χ3n) is 0.955. The van der Waals surface area contributed by atoms with Crippen LogP contribution in [0.4, 0.5) is 0 Å². The third-order valence-corrected chi connectivity index (χ3v) is 0.955. The van der Waals surface area contributed by atoms with Crippen LogP contribution in [0.5, 0.6) is 0 Å². The van der Waals surface area contributed by atoms with Crippen molar-refractivity contribution in [3.8, 4) is 0 Å². The SMILES string of the molecule is C=C/C=C/C=C\C(C)(C)C. The highest BCUT2D eigenvalue weighted by molar-refractivity contribution is 5.10. The molecular weight excluding hydrogens is 120 g/mol. The minimum absolute atomic E-state index is 0.283. The first-order valence-corrected chi connectivity index (χ1v) is 3.53. The summed E-state index contributed by atoms with van der Waals surface area (Å²) in [7, 11) is 0. The van der Waals surface area contributed by atoms with E-state index >= 15 is 0 Å². The van der Waals surface area contributed by atoms with Gasteiger partial charge in [0.2, 0.25) is 0 Å². The summed E-state index contributed by atoms with van der Waals surface area (Å²) in [6.45, 7) is 10.1. The normalized spacial score (nSPS) is 13.1. The highest BCUT2D eigenvalue weighted by Gasteiger charge is 2.01. The van der Waals surface area contributed by atoms with Crippen molar-refractivity contribution in [1.29, 1.82) is 0 Å². The maximum atomic E-state index is 3.57. The molecule has 0 nitrogen and oxygen atoms in total. The molecule has 0 radical (unpaired) electrons. The summed E-state index contributed by atoms with van der Waals surface area (Å²) in [6.07, 6.45) is 9.88. The van der Waals surface area contributed by atoms with Crippen molar-refractivity contribution >= 4 is 0 Å². The molecule has 0 aliphatic heterocycles. The molecule has 0 bridgehead atoms. The van der Waals surface area contributed by atoms with Crippen LogP contribution < -0.4 is 0 Å². The quantitative estimate of drug-likeness (QED) is 0.511. The van der Waals surface area contributed by atoms with Gasteiger partial charge in [-0.2, -0.15) is 0 Å². The molecule has 0 unspecified atom stereocenters. The molecule has 0 rings (SSSR count). The summed E-state index contributed by atoms with van der Waals surface area (Å²) in [5, 5.41) is 0. The second-order valence-corrected chi connectivity index (χ2v) is 3.35. The highest BCUT2D eigenvalue weighted by atomic mass is 14.1. The molecule has 0 spiro atoms. The van der Waals surface area contributed by atoms with Gasteiger partial charge in [0.25, 0.3) is 0 Å². The fourth-order valence-electron chi connectivity index (χ4n) is 0.487. The topological polar surface area (TPSA) is 0 Å². The molecule has 0 heterocycles. The molecule has 0 aromatic carbocycles. The molecule has 0 aromatic heterocycles. The summed E-state index contributed by atoms with van der Waals surface area (Å²) in [4.78, 5) is 0. The van der Waals surface area contributed by atoms with Gasteiger partial charge in [0.1, 0.15) is 0 Å². The molecule has 10 heavy (non-hydrogen) atoms. The minimum Gasteiger partial charge on any atom is -0.0991 e. The van der Waals surface area contributed by atoms with Crippen LogP contribution in [0.2, 0.25) is 0 Å². The van der Waals surface area contributed by atoms with E-state index in [2.05, 4.69) is 33.4 Å². The van der Waals surface area contributed by atoms with Gasteiger partial charge >= 0.3 is 0 Å². The zero-order valence-corrected chi connectivity index (χ0v) is 7.09. The Morgan fingerprint density at radius 2 is 1.60 bits per heavy atom. The first-order chi connectivity index (χ1) is 4.56. The van der Waals surface area contributed by atoms with E-state index in [1.165, 1.54) is 0 Å². The van der Waals surface area contributed by atoms with Crippen LogP contribution in [0, 0.1) is 5.41 Å². The highest BCUT2D eigenvalue weighted by Crippen LogP contribution is 2.13.